The molecule has 1 amide bonds. The van der Waals surface area contributed by atoms with Crippen molar-refractivity contribution in [2.75, 3.05) is 0 Å². The van der Waals surface area contributed by atoms with Crippen LogP contribution >= 0.6 is 11.3 Å². The number of carbonyl (C=O) groups excluding carboxylic acids is 1. The molecule has 0 saturated heterocycles. The van der Waals surface area contributed by atoms with E-state index in [9.17, 15) is 4.79 Å². The summed E-state index contributed by atoms with van der Waals surface area (Å²) in [6.07, 6.45) is 5.23. The van der Waals surface area contributed by atoms with Gasteiger partial charge < -0.3 is 5.32 Å². The molecule has 6 heteroatoms. The molecule has 3 aromatic rings. The lowest BCUT2D eigenvalue weighted by molar-refractivity contribution is -0.116. The molecule has 106 valence electrons. The van der Waals surface area contributed by atoms with Crippen LogP contribution in [0.1, 0.15) is 15.6 Å². The summed E-state index contributed by atoms with van der Waals surface area (Å²) in [4.78, 5) is 14.1. The molecule has 0 fully saturated rings. The van der Waals surface area contributed by atoms with E-state index in [2.05, 4.69) is 15.5 Å². The number of carbonyl (C=O) groups is 1. The Morgan fingerprint density at radius 3 is 3.05 bits per heavy atom. The standard InChI is InChI=1S/C15H14N4OS/c1-11-5-6-12(21-11)7-8-15(20)16-10-14-18-17-13-4-2-3-9-19(13)14/h2-9H,10H2,1H3,(H,16,20)/b8-7+. The van der Waals surface area contributed by atoms with Gasteiger partial charge in [0, 0.05) is 22.0 Å². The second-order valence-corrected chi connectivity index (χ2v) is 5.86. The lowest BCUT2D eigenvalue weighted by Crippen LogP contribution is -2.21. The van der Waals surface area contributed by atoms with Crippen LogP contribution in [0, 0.1) is 6.92 Å². The second kappa shape index (κ2) is 5.88. The molecule has 0 saturated carbocycles. The molecule has 3 rings (SSSR count). The van der Waals surface area contributed by atoms with Gasteiger partial charge in [-0.05, 0) is 37.3 Å². The Balaban J connectivity index is 1.62. The summed E-state index contributed by atoms with van der Waals surface area (Å²) in [5, 5.41) is 10.9. The Bertz CT molecular complexity index is 803. The van der Waals surface area contributed by atoms with Gasteiger partial charge in [-0.25, -0.2) is 0 Å². The van der Waals surface area contributed by atoms with Crippen molar-refractivity contribution in [1.82, 2.24) is 19.9 Å². The quantitative estimate of drug-likeness (QED) is 0.753. The molecule has 0 aliphatic rings. The van der Waals surface area contributed by atoms with Gasteiger partial charge in [0.2, 0.25) is 5.91 Å². The molecule has 0 aliphatic heterocycles. The fourth-order valence-corrected chi connectivity index (χ4v) is 2.72. The van der Waals surface area contributed by atoms with E-state index < -0.39 is 0 Å². The van der Waals surface area contributed by atoms with Gasteiger partial charge in [0.05, 0.1) is 6.54 Å². The fourth-order valence-electron chi connectivity index (χ4n) is 1.94. The third kappa shape index (κ3) is 3.17. The number of thiophene rings is 1. The number of hydrogen-bond acceptors (Lipinski definition) is 4. The van der Waals surface area contributed by atoms with E-state index in [0.717, 1.165) is 10.5 Å². The highest BCUT2D eigenvalue weighted by molar-refractivity contribution is 7.12. The highest BCUT2D eigenvalue weighted by atomic mass is 32.1. The van der Waals surface area contributed by atoms with E-state index in [1.54, 1.807) is 11.3 Å². The number of hydrogen-bond donors (Lipinski definition) is 1. The molecule has 0 atom stereocenters. The van der Waals surface area contributed by atoms with Crippen molar-refractivity contribution in [1.29, 1.82) is 0 Å². The third-order valence-corrected chi connectivity index (χ3v) is 3.93. The van der Waals surface area contributed by atoms with Gasteiger partial charge >= 0.3 is 0 Å². The highest BCUT2D eigenvalue weighted by Crippen LogP contribution is 2.16. The summed E-state index contributed by atoms with van der Waals surface area (Å²) in [6.45, 7) is 2.39. The Kier molecular flexibility index (Phi) is 3.79. The lowest BCUT2D eigenvalue weighted by atomic mass is 10.4. The van der Waals surface area contributed by atoms with Crippen LogP contribution in [-0.2, 0) is 11.3 Å². The Labute approximate surface area is 126 Å². The summed E-state index contributed by atoms with van der Waals surface area (Å²) < 4.78 is 1.85. The number of aromatic nitrogens is 3. The van der Waals surface area contributed by atoms with E-state index in [0.29, 0.717) is 12.4 Å². The van der Waals surface area contributed by atoms with Crippen LogP contribution in [-0.4, -0.2) is 20.5 Å². The van der Waals surface area contributed by atoms with Gasteiger partial charge in [0.1, 0.15) is 0 Å². The van der Waals surface area contributed by atoms with E-state index in [4.69, 9.17) is 0 Å². The molecular weight excluding hydrogens is 284 g/mol. The van der Waals surface area contributed by atoms with E-state index in [1.165, 1.54) is 11.0 Å². The molecule has 1 N–H and O–H groups in total. The Morgan fingerprint density at radius 1 is 1.33 bits per heavy atom. The minimum atomic E-state index is -0.145. The highest BCUT2D eigenvalue weighted by Gasteiger charge is 2.05. The first kappa shape index (κ1) is 13.5. The minimum absolute atomic E-state index is 0.145. The molecule has 0 unspecified atom stereocenters. The van der Waals surface area contributed by atoms with Crippen molar-refractivity contribution in [3.05, 3.63) is 58.2 Å². The predicted molar refractivity (Wildman–Crippen MR) is 82.9 cm³/mol. The molecular formula is C15H14N4OS. The van der Waals surface area contributed by atoms with Crippen molar-refractivity contribution < 1.29 is 4.79 Å². The topological polar surface area (TPSA) is 59.3 Å². The molecule has 3 heterocycles. The maximum absolute atomic E-state index is 11.8. The molecule has 0 aromatic carbocycles. The number of nitrogens with zero attached hydrogens (tertiary/aromatic N) is 3. The zero-order valence-corrected chi connectivity index (χ0v) is 12.3. The predicted octanol–water partition coefficient (Wildman–Crippen LogP) is 2.43. The first-order valence-electron chi connectivity index (χ1n) is 6.53. The minimum Gasteiger partial charge on any atom is -0.345 e. The number of rotatable bonds is 4. The monoisotopic (exact) mass is 298 g/mol. The summed E-state index contributed by atoms with van der Waals surface area (Å²) in [6, 6.07) is 9.70. The number of amides is 1. The SMILES string of the molecule is Cc1ccc(/C=C/C(=O)NCc2nnc3ccccn23)s1. The average molecular weight is 298 g/mol. The van der Waals surface area contributed by atoms with Crippen molar-refractivity contribution in [3.8, 4) is 0 Å². The van der Waals surface area contributed by atoms with Crippen molar-refractivity contribution in [3.63, 3.8) is 0 Å². The number of aryl methyl sites for hydroxylation is 1. The second-order valence-electron chi connectivity index (χ2n) is 4.54. The van der Waals surface area contributed by atoms with Gasteiger partial charge in [-0.15, -0.1) is 21.5 Å². The molecule has 0 aliphatic carbocycles. The van der Waals surface area contributed by atoms with E-state index in [-0.39, 0.29) is 5.91 Å². The van der Waals surface area contributed by atoms with Crippen LogP contribution < -0.4 is 5.32 Å². The average Bonchev–Trinajstić information content (AvgIpc) is 3.09. The molecule has 5 nitrogen and oxygen atoms in total. The summed E-state index contributed by atoms with van der Waals surface area (Å²) >= 11 is 1.65. The molecule has 0 spiro atoms. The van der Waals surface area contributed by atoms with Crippen LogP contribution in [0.15, 0.2) is 42.6 Å². The van der Waals surface area contributed by atoms with Crippen LogP contribution in [0.2, 0.25) is 0 Å². The van der Waals surface area contributed by atoms with Crippen molar-refractivity contribution >= 4 is 29.0 Å². The zero-order valence-electron chi connectivity index (χ0n) is 11.5. The van der Waals surface area contributed by atoms with Gasteiger partial charge in [-0.3, -0.25) is 9.20 Å². The largest absolute Gasteiger partial charge is 0.345 e. The molecule has 21 heavy (non-hydrogen) atoms. The van der Waals surface area contributed by atoms with Gasteiger partial charge in [-0.2, -0.15) is 0 Å². The molecule has 0 radical (unpaired) electrons. The Hall–Kier alpha value is -2.47. The van der Waals surface area contributed by atoms with Crippen LogP contribution in [0.3, 0.4) is 0 Å². The maximum atomic E-state index is 11.8. The van der Waals surface area contributed by atoms with E-state index in [1.807, 2.05) is 53.9 Å². The first-order chi connectivity index (χ1) is 10.2. The smallest absolute Gasteiger partial charge is 0.244 e. The lowest BCUT2D eigenvalue weighted by Gasteiger charge is -2.00. The van der Waals surface area contributed by atoms with E-state index >= 15 is 0 Å². The summed E-state index contributed by atoms with van der Waals surface area (Å²) in [5.74, 6) is 0.563. The number of fused-ring (bicyclic) bond motifs is 1. The Morgan fingerprint density at radius 2 is 2.24 bits per heavy atom. The number of pyridine rings is 1. The maximum Gasteiger partial charge on any atom is 0.244 e. The van der Waals surface area contributed by atoms with Crippen LogP contribution in [0.25, 0.3) is 11.7 Å². The number of nitrogens with one attached hydrogen (secondary N) is 1. The van der Waals surface area contributed by atoms with Crippen molar-refractivity contribution in [2.24, 2.45) is 0 Å². The summed E-state index contributed by atoms with van der Waals surface area (Å²) in [7, 11) is 0. The third-order valence-electron chi connectivity index (χ3n) is 2.97. The van der Waals surface area contributed by atoms with Crippen LogP contribution in [0.5, 0.6) is 0 Å². The van der Waals surface area contributed by atoms with Crippen molar-refractivity contribution in [2.45, 2.75) is 13.5 Å². The van der Waals surface area contributed by atoms with Gasteiger partial charge in [0.25, 0.3) is 0 Å². The zero-order chi connectivity index (χ0) is 14.7. The molecule has 0 bridgehead atoms. The fraction of sp³-hybridized carbons (Fsp3) is 0.133. The normalized spacial score (nSPS) is 11.3. The van der Waals surface area contributed by atoms with Crippen LogP contribution in [0.4, 0.5) is 0 Å². The summed E-state index contributed by atoms with van der Waals surface area (Å²) in [5.41, 5.74) is 0.770. The molecule has 3 aromatic heterocycles. The first-order valence-corrected chi connectivity index (χ1v) is 7.35. The van der Waals surface area contributed by atoms with Gasteiger partial charge in [-0.1, -0.05) is 6.07 Å². The van der Waals surface area contributed by atoms with Gasteiger partial charge in [0.15, 0.2) is 11.5 Å².